The summed E-state index contributed by atoms with van der Waals surface area (Å²) in [6.07, 6.45) is 4.96. The van der Waals surface area contributed by atoms with E-state index in [9.17, 15) is 9.59 Å². The average Bonchev–Trinajstić information content (AvgIpc) is 2.49. The van der Waals surface area contributed by atoms with Crippen molar-refractivity contribution >= 4 is 12.2 Å². The van der Waals surface area contributed by atoms with Crippen molar-refractivity contribution in [2.24, 2.45) is 11.8 Å². The minimum Gasteiger partial charge on any atom is -0.450 e. The van der Waals surface area contributed by atoms with Gasteiger partial charge in [0, 0.05) is 13.1 Å². The van der Waals surface area contributed by atoms with Crippen LogP contribution in [0.2, 0.25) is 0 Å². The molecular weight excluding hydrogens is 308 g/mol. The van der Waals surface area contributed by atoms with Crippen LogP contribution >= 0.6 is 0 Å². The molecule has 2 amide bonds. The van der Waals surface area contributed by atoms with Crippen LogP contribution in [0.4, 0.5) is 9.59 Å². The van der Waals surface area contributed by atoms with Gasteiger partial charge in [-0.25, -0.2) is 9.59 Å². The molecule has 0 saturated heterocycles. The van der Waals surface area contributed by atoms with Gasteiger partial charge in [0.1, 0.15) is 0 Å². The smallest absolute Gasteiger partial charge is 0.407 e. The van der Waals surface area contributed by atoms with Crippen LogP contribution in [0.5, 0.6) is 0 Å². The third kappa shape index (κ3) is 16.9. The molecule has 0 saturated carbocycles. The molecule has 0 aromatic heterocycles. The minimum atomic E-state index is -0.332. The second kappa shape index (κ2) is 15.1. The van der Waals surface area contributed by atoms with Gasteiger partial charge in [-0.05, 0) is 37.5 Å². The highest BCUT2D eigenvalue weighted by molar-refractivity contribution is 5.67. The molecule has 0 bridgehead atoms. The Morgan fingerprint density at radius 1 is 0.708 bits per heavy atom. The first kappa shape index (κ1) is 22.5. The molecule has 0 atom stereocenters. The zero-order valence-corrected chi connectivity index (χ0v) is 15.9. The van der Waals surface area contributed by atoms with Crippen LogP contribution in [-0.4, -0.2) is 38.5 Å². The molecular formula is C18H36N2O4. The van der Waals surface area contributed by atoms with Crippen LogP contribution in [0.25, 0.3) is 0 Å². The maximum Gasteiger partial charge on any atom is 0.407 e. The number of ether oxygens (including phenoxy) is 2. The summed E-state index contributed by atoms with van der Waals surface area (Å²) in [7, 11) is 0. The van der Waals surface area contributed by atoms with Gasteiger partial charge in [0.15, 0.2) is 0 Å². The highest BCUT2D eigenvalue weighted by Crippen LogP contribution is 2.01. The van der Waals surface area contributed by atoms with E-state index in [2.05, 4.69) is 38.3 Å². The van der Waals surface area contributed by atoms with E-state index in [-0.39, 0.29) is 12.2 Å². The molecule has 6 heteroatoms. The Bertz CT molecular complexity index is 301. The van der Waals surface area contributed by atoms with Crippen molar-refractivity contribution < 1.29 is 19.1 Å². The zero-order chi connectivity index (χ0) is 18.2. The van der Waals surface area contributed by atoms with Crippen LogP contribution in [0, 0.1) is 11.8 Å². The summed E-state index contributed by atoms with van der Waals surface area (Å²) in [6.45, 7) is 10.6. The number of rotatable bonds is 13. The fraction of sp³-hybridized carbons (Fsp3) is 0.889. The molecule has 0 aromatic carbocycles. The van der Waals surface area contributed by atoms with E-state index in [1.165, 1.54) is 0 Å². The lowest BCUT2D eigenvalue weighted by Gasteiger charge is -2.09. The van der Waals surface area contributed by atoms with Gasteiger partial charge < -0.3 is 20.1 Å². The van der Waals surface area contributed by atoms with E-state index in [4.69, 9.17) is 9.47 Å². The maximum absolute atomic E-state index is 11.4. The average molecular weight is 344 g/mol. The normalized spacial score (nSPS) is 10.8. The number of amides is 2. The molecule has 2 N–H and O–H groups in total. The standard InChI is InChI=1S/C18H36N2O4/c1-15(2)9-13-23-17(21)19-11-7-5-6-8-12-20-18(22)24-14-10-16(3)4/h15-16H,5-14H2,1-4H3,(H,19,21)(H,20,22). The van der Waals surface area contributed by atoms with Crippen LogP contribution in [0.15, 0.2) is 0 Å². The first-order valence-corrected chi connectivity index (χ1v) is 9.23. The van der Waals surface area contributed by atoms with Crippen LogP contribution < -0.4 is 10.6 Å². The Labute approximate surface area is 147 Å². The predicted molar refractivity (Wildman–Crippen MR) is 96.1 cm³/mol. The molecule has 0 fully saturated rings. The monoisotopic (exact) mass is 344 g/mol. The number of carbonyl (C=O) groups is 2. The molecule has 0 spiro atoms. The lowest BCUT2D eigenvalue weighted by Crippen LogP contribution is -2.26. The molecule has 0 unspecified atom stereocenters. The van der Waals surface area contributed by atoms with Gasteiger partial charge in [-0.3, -0.25) is 0 Å². The Morgan fingerprint density at radius 3 is 1.42 bits per heavy atom. The Morgan fingerprint density at radius 2 is 1.08 bits per heavy atom. The van der Waals surface area contributed by atoms with Crippen molar-refractivity contribution in [3.8, 4) is 0 Å². The Kier molecular flexibility index (Phi) is 14.2. The number of hydrogen-bond acceptors (Lipinski definition) is 4. The number of alkyl carbamates (subject to hydrolysis) is 2. The lowest BCUT2D eigenvalue weighted by atomic mass is 10.1. The fourth-order valence-corrected chi connectivity index (χ4v) is 1.86. The fourth-order valence-electron chi connectivity index (χ4n) is 1.86. The largest absolute Gasteiger partial charge is 0.450 e. The van der Waals surface area contributed by atoms with Gasteiger partial charge in [-0.2, -0.15) is 0 Å². The van der Waals surface area contributed by atoms with Gasteiger partial charge in [-0.1, -0.05) is 40.5 Å². The summed E-state index contributed by atoms with van der Waals surface area (Å²) in [4.78, 5) is 22.7. The van der Waals surface area contributed by atoms with E-state index < -0.39 is 0 Å². The second-order valence-corrected chi connectivity index (χ2v) is 6.90. The van der Waals surface area contributed by atoms with E-state index in [0.717, 1.165) is 38.5 Å². The topological polar surface area (TPSA) is 76.7 Å². The molecule has 0 aliphatic carbocycles. The van der Waals surface area contributed by atoms with Crippen molar-refractivity contribution in [1.29, 1.82) is 0 Å². The van der Waals surface area contributed by atoms with Crippen molar-refractivity contribution in [2.75, 3.05) is 26.3 Å². The Balaban J connectivity index is 3.30. The third-order valence-electron chi connectivity index (χ3n) is 3.50. The minimum absolute atomic E-state index is 0.332. The van der Waals surface area contributed by atoms with E-state index in [1.54, 1.807) is 0 Å². The first-order chi connectivity index (χ1) is 11.4. The van der Waals surface area contributed by atoms with Crippen molar-refractivity contribution in [3.05, 3.63) is 0 Å². The summed E-state index contributed by atoms with van der Waals surface area (Å²) < 4.78 is 10.1. The van der Waals surface area contributed by atoms with Gasteiger partial charge in [0.25, 0.3) is 0 Å². The summed E-state index contributed by atoms with van der Waals surface area (Å²) >= 11 is 0. The molecule has 0 rings (SSSR count). The van der Waals surface area contributed by atoms with E-state index >= 15 is 0 Å². The highest BCUT2D eigenvalue weighted by atomic mass is 16.6. The lowest BCUT2D eigenvalue weighted by molar-refractivity contribution is 0.139. The summed E-state index contributed by atoms with van der Waals surface area (Å²) in [5.74, 6) is 1.08. The van der Waals surface area contributed by atoms with Crippen LogP contribution in [0.1, 0.15) is 66.2 Å². The molecule has 142 valence electrons. The molecule has 0 radical (unpaired) electrons. The molecule has 0 aliphatic heterocycles. The summed E-state index contributed by atoms with van der Waals surface area (Å²) in [6, 6.07) is 0. The zero-order valence-electron chi connectivity index (χ0n) is 15.9. The van der Waals surface area contributed by atoms with Crippen molar-refractivity contribution in [2.45, 2.75) is 66.2 Å². The number of nitrogens with one attached hydrogen (secondary N) is 2. The molecule has 0 aromatic rings. The molecule has 6 nitrogen and oxygen atoms in total. The molecule has 0 aliphatic rings. The van der Waals surface area contributed by atoms with Gasteiger partial charge in [-0.15, -0.1) is 0 Å². The maximum atomic E-state index is 11.4. The number of carbonyl (C=O) groups excluding carboxylic acids is 2. The highest BCUT2D eigenvalue weighted by Gasteiger charge is 2.03. The molecule has 24 heavy (non-hydrogen) atoms. The van der Waals surface area contributed by atoms with Gasteiger partial charge in [0.2, 0.25) is 0 Å². The quantitative estimate of drug-likeness (QED) is 0.493. The first-order valence-electron chi connectivity index (χ1n) is 9.23. The van der Waals surface area contributed by atoms with Crippen molar-refractivity contribution in [1.82, 2.24) is 10.6 Å². The predicted octanol–water partition coefficient (Wildman–Crippen LogP) is 4.09. The summed E-state index contributed by atoms with van der Waals surface area (Å²) in [5, 5.41) is 5.49. The molecule has 0 heterocycles. The van der Waals surface area contributed by atoms with Gasteiger partial charge in [0.05, 0.1) is 13.2 Å². The second-order valence-electron chi connectivity index (χ2n) is 6.90. The van der Waals surface area contributed by atoms with Gasteiger partial charge >= 0.3 is 12.2 Å². The SMILES string of the molecule is CC(C)CCOC(=O)NCCCCCCNC(=O)OCCC(C)C. The van der Waals surface area contributed by atoms with Crippen LogP contribution in [-0.2, 0) is 9.47 Å². The van der Waals surface area contributed by atoms with Crippen molar-refractivity contribution in [3.63, 3.8) is 0 Å². The van der Waals surface area contributed by atoms with Crippen LogP contribution in [0.3, 0.4) is 0 Å². The number of hydrogen-bond donors (Lipinski definition) is 2. The number of unbranched alkanes of at least 4 members (excludes halogenated alkanes) is 3. The van der Waals surface area contributed by atoms with E-state index in [1.807, 2.05) is 0 Å². The third-order valence-corrected chi connectivity index (χ3v) is 3.50. The summed E-state index contributed by atoms with van der Waals surface area (Å²) in [5.41, 5.74) is 0. The van der Waals surface area contributed by atoms with E-state index in [0.29, 0.717) is 38.1 Å². The Hall–Kier alpha value is -1.46.